The summed E-state index contributed by atoms with van der Waals surface area (Å²) in [5.74, 6) is -1.21. The number of aryl methyl sites for hydroxylation is 1. The normalized spacial score (nSPS) is 25.3. The van der Waals surface area contributed by atoms with E-state index in [0.717, 1.165) is 17.7 Å². The average Bonchev–Trinajstić information content (AvgIpc) is 2.71. The molecule has 6 heteroatoms. The van der Waals surface area contributed by atoms with E-state index in [9.17, 15) is 13.2 Å². The molecule has 1 aromatic rings. The fraction of sp³-hybridized carbons (Fsp3) is 0.750. The number of aromatic amines is 1. The summed E-state index contributed by atoms with van der Waals surface area (Å²) in [7, 11) is 0. The van der Waals surface area contributed by atoms with E-state index in [1.54, 1.807) is 6.20 Å². The Bertz CT molecular complexity index is 386. The van der Waals surface area contributed by atoms with Crippen LogP contribution in [0.4, 0.5) is 13.2 Å². The van der Waals surface area contributed by atoms with E-state index < -0.39 is 18.1 Å². The zero-order valence-corrected chi connectivity index (χ0v) is 10.3. The lowest BCUT2D eigenvalue weighted by Crippen LogP contribution is -2.45. The van der Waals surface area contributed by atoms with Crippen LogP contribution in [0.5, 0.6) is 0 Å². The molecule has 1 aliphatic carbocycles. The molecule has 18 heavy (non-hydrogen) atoms. The van der Waals surface area contributed by atoms with Gasteiger partial charge >= 0.3 is 6.18 Å². The molecule has 0 radical (unpaired) electrons. The first-order valence-electron chi connectivity index (χ1n) is 6.27. The molecule has 3 nitrogen and oxygen atoms in total. The predicted molar refractivity (Wildman–Crippen MR) is 62.0 cm³/mol. The van der Waals surface area contributed by atoms with E-state index in [4.69, 9.17) is 0 Å². The van der Waals surface area contributed by atoms with Crippen LogP contribution in [0.25, 0.3) is 0 Å². The third-order valence-electron chi connectivity index (χ3n) is 3.68. The summed E-state index contributed by atoms with van der Waals surface area (Å²) in [6.45, 7) is 2.31. The molecule has 0 spiro atoms. The molecule has 0 saturated heterocycles. The first-order chi connectivity index (χ1) is 8.48. The van der Waals surface area contributed by atoms with Gasteiger partial charge in [-0.1, -0.05) is 12.8 Å². The smallest absolute Gasteiger partial charge is 0.309 e. The summed E-state index contributed by atoms with van der Waals surface area (Å²) in [4.78, 5) is 0. The summed E-state index contributed by atoms with van der Waals surface area (Å²) >= 11 is 0. The molecule has 0 aliphatic heterocycles. The van der Waals surface area contributed by atoms with Crippen LogP contribution in [0.1, 0.15) is 36.9 Å². The highest BCUT2D eigenvalue weighted by atomic mass is 19.4. The van der Waals surface area contributed by atoms with Crippen molar-refractivity contribution in [2.45, 2.75) is 51.4 Å². The van der Waals surface area contributed by atoms with Gasteiger partial charge < -0.3 is 5.32 Å². The zero-order chi connectivity index (χ0) is 13.2. The van der Waals surface area contributed by atoms with Gasteiger partial charge in [0, 0.05) is 23.8 Å². The summed E-state index contributed by atoms with van der Waals surface area (Å²) in [5.41, 5.74) is 1.84. The molecule has 0 aromatic carbocycles. The maximum Gasteiger partial charge on any atom is 0.393 e. The number of aromatic nitrogens is 2. The average molecular weight is 261 g/mol. The van der Waals surface area contributed by atoms with E-state index in [1.165, 1.54) is 0 Å². The van der Waals surface area contributed by atoms with Gasteiger partial charge in [-0.05, 0) is 19.8 Å². The van der Waals surface area contributed by atoms with Gasteiger partial charge in [-0.25, -0.2) is 0 Å². The lowest BCUT2D eigenvalue weighted by atomic mass is 9.84. The van der Waals surface area contributed by atoms with E-state index in [0.29, 0.717) is 19.4 Å². The van der Waals surface area contributed by atoms with Crippen molar-refractivity contribution in [2.75, 3.05) is 0 Å². The highest BCUT2D eigenvalue weighted by molar-refractivity contribution is 5.14. The molecule has 1 aromatic heterocycles. The van der Waals surface area contributed by atoms with Crippen molar-refractivity contribution in [3.05, 3.63) is 17.5 Å². The third-order valence-corrected chi connectivity index (χ3v) is 3.68. The Hall–Kier alpha value is -1.04. The van der Waals surface area contributed by atoms with Crippen LogP contribution in [-0.2, 0) is 6.54 Å². The van der Waals surface area contributed by atoms with E-state index in [-0.39, 0.29) is 6.42 Å². The number of alkyl halides is 3. The van der Waals surface area contributed by atoms with Crippen molar-refractivity contribution in [1.82, 2.24) is 15.5 Å². The number of nitrogens with zero attached hydrogens (tertiary/aromatic N) is 1. The van der Waals surface area contributed by atoms with Gasteiger partial charge in [0.25, 0.3) is 0 Å². The van der Waals surface area contributed by atoms with Crippen molar-refractivity contribution in [3.63, 3.8) is 0 Å². The first-order valence-corrected chi connectivity index (χ1v) is 6.27. The number of halogens is 3. The van der Waals surface area contributed by atoms with Gasteiger partial charge in [0.2, 0.25) is 0 Å². The van der Waals surface area contributed by atoms with Crippen LogP contribution in [0.15, 0.2) is 6.20 Å². The molecule has 1 aliphatic rings. The molecule has 0 bridgehead atoms. The zero-order valence-electron chi connectivity index (χ0n) is 10.3. The fourth-order valence-corrected chi connectivity index (χ4v) is 2.56. The first kappa shape index (κ1) is 13.4. The Morgan fingerprint density at radius 3 is 2.72 bits per heavy atom. The van der Waals surface area contributed by atoms with Crippen LogP contribution >= 0.6 is 0 Å². The summed E-state index contributed by atoms with van der Waals surface area (Å²) in [6.07, 6.45) is -0.0500. The molecule has 1 saturated carbocycles. The van der Waals surface area contributed by atoms with Gasteiger partial charge in [0.15, 0.2) is 0 Å². The Balaban J connectivity index is 1.96. The Morgan fingerprint density at radius 2 is 2.11 bits per heavy atom. The largest absolute Gasteiger partial charge is 0.393 e. The quantitative estimate of drug-likeness (QED) is 0.878. The number of H-pyrrole nitrogens is 1. The number of hydrogen-bond donors (Lipinski definition) is 2. The van der Waals surface area contributed by atoms with Crippen LogP contribution in [0.2, 0.25) is 0 Å². The molecule has 1 heterocycles. The van der Waals surface area contributed by atoms with Crippen LogP contribution < -0.4 is 5.32 Å². The second-order valence-electron chi connectivity index (χ2n) is 4.94. The maximum atomic E-state index is 12.9. The molecule has 2 atom stereocenters. The lowest BCUT2D eigenvalue weighted by molar-refractivity contribution is -0.189. The summed E-state index contributed by atoms with van der Waals surface area (Å²) in [5, 5.41) is 9.69. The molecular formula is C12H18F3N3. The lowest BCUT2D eigenvalue weighted by Gasteiger charge is -2.33. The minimum Gasteiger partial charge on any atom is -0.309 e. The molecule has 102 valence electrons. The number of rotatable bonds is 3. The number of hydrogen-bond acceptors (Lipinski definition) is 2. The van der Waals surface area contributed by atoms with Gasteiger partial charge in [-0.2, -0.15) is 18.3 Å². The predicted octanol–water partition coefficient (Wildman–Crippen LogP) is 2.93. The van der Waals surface area contributed by atoms with Crippen molar-refractivity contribution >= 4 is 0 Å². The van der Waals surface area contributed by atoms with Crippen LogP contribution in [0.3, 0.4) is 0 Å². The molecular weight excluding hydrogens is 243 g/mol. The third kappa shape index (κ3) is 3.04. The number of nitrogens with one attached hydrogen (secondary N) is 2. The van der Waals surface area contributed by atoms with E-state index >= 15 is 0 Å². The van der Waals surface area contributed by atoms with Gasteiger partial charge in [-0.3, -0.25) is 5.10 Å². The molecule has 2 rings (SSSR count). The second kappa shape index (κ2) is 5.30. The molecule has 0 amide bonds. The van der Waals surface area contributed by atoms with E-state index in [1.807, 2.05) is 6.92 Å². The standard InChI is InChI=1S/C12H18F3N3/c1-8-9(7-17-18-8)6-16-11-5-3-2-4-10(11)12(13,14)15/h7,10-11,16H,2-6H2,1H3,(H,17,18)/t10-,11-/m1/s1. The summed E-state index contributed by atoms with van der Waals surface area (Å²) < 4.78 is 38.6. The second-order valence-corrected chi connectivity index (χ2v) is 4.94. The Kier molecular flexibility index (Phi) is 3.94. The highest BCUT2D eigenvalue weighted by Gasteiger charge is 2.45. The van der Waals surface area contributed by atoms with Crippen molar-refractivity contribution in [2.24, 2.45) is 5.92 Å². The topological polar surface area (TPSA) is 40.7 Å². The van der Waals surface area contributed by atoms with Crippen LogP contribution in [0, 0.1) is 12.8 Å². The Morgan fingerprint density at radius 1 is 1.39 bits per heavy atom. The molecule has 0 unspecified atom stereocenters. The highest BCUT2D eigenvalue weighted by Crippen LogP contribution is 2.37. The van der Waals surface area contributed by atoms with Gasteiger partial charge in [0.05, 0.1) is 12.1 Å². The van der Waals surface area contributed by atoms with Crippen LogP contribution in [-0.4, -0.2) is 22.4 Å². The van der Waals surface area contributed by atoms with Crippen molar-refractivity contribution < 1.29 is 13.2 Å². The molecule has 2 N–H and O–H groups in total. The van der Waals surface area contributed by atoms with Gasteiger partial charge in [-0.15, -0.1) is 0 Å². The minimum atomic E-state index is -4.09. The van der Waals surface area contributed by atoms with Crippen molar-refractivity contribution in [1.29, 1.82) is 0 Å². The van der Waals surface area contributed by atoms with E-state index in [2.05, 4.69) is 15.5 Å². The van der Waals surface area contributed by atoms with Gasteiger partial charge in [0.1, 0.15) is 0 Å². The van der Waals surface area contributed by atoms with Crippen molar-refractivity contribution in [3.8, 4) is 0 Å². The monoisotopic (exact) mass is 261 g/mol. The SMILES string of the molecule is Cc1[nH]ncc1CN[C@@H]1CCCC[C@H]1C(F)(F)F. The minimum absolute atomic E-state index is 0.242. The fourth-order valence-electron chi connectivity index (χ4n) is 2.56. The Labute approximate surface area is 104 Å². The summed E-state index contributed by atoms with van der Waals surface area (Å²) in [6, 6.07) is -0.465. The molecule has 1 fully saturated rings. The maximum absolute atomic E-state index is 12.9.